The Balaban J connectivity index is 1.36. The van der Waals surface area contributed by atoms with Crippen LogP contribution in [0.25, 0.3) is 0 Å². The molecule has 170 valence electrons. The van der Waals surface area contributed by atoms with Gasteiger partial charge in [-0.05, 0) is 53.0 Å². The number of hydrogen-bond acceptors (Lipinski definition) is 6. The lowest BCUT2D eigenvalue weighted by Gasteiger charge is -2.17. The summed E-state index contributed by atoms with van der Waals surface area (Å²) >= 11 is 3.33. The highest BCUT2D eigenvalue weighted by atomic mass is 79.9. The van der Waals surface area contributed by atoms with Crippen molar-refractivity contribution < 1.29 is 28.1 Å². The molecule has 2 atom stereocenters. The zero-order valence-electron chi connectivity index (χ0n) is 17.8. The van der Waals surface area contributed by atoms with Gasteiger partial charge < -0.3 is 18.9 Å². The van der Waals surface area contributed by atoms with E-state index in [4.69, 9.17) is 18.9 Å². The molecule has 8 heteroatoms. The molecule has 33 heavy (non-hydrogen) atoms. The summed E-state index contributed by atoms with van der Waals surface area (Å²) in [5, 5.41) is 0. The van der Waals surface area contributed by atoms with Crippen LogP contribution in [-0.4, -0.2) is 24.7 Å². The Kier molecular flexibility index (Phi) is 5.93. The molecule has 2 heterocycles. The summed E-state index contributed by atoms with van der Waals surface area (Å²) in [6, 6.07) is 12.1. The minimum Gasteiger partial charge on any atom is -0.492 e. The molecular formula is C25H21BrFNO5. The Morgan fingerprint density at radius 1 is 1.21 bits per heavy atom. The first-order valence-electron chi connectivity index (χ1n) is 10.6. The van der Waals surface area contributed by atoms with Gasteiger partial charge in [0.1, 0.15) is 39.5 Å². The third kappa shape index (κ3) is 4.39. The van der Waals surface area contributed by atoms with E-state index in [-0.39, 0.29) is 24.1 Å². The van der Waals surface area contributed by atoms with Gasteiger partial charge in [-0.3, -0.25) is 4.79 Å². The highest BCUT2D eigenvalue weighted by molar-refractivity contribution is 9.10. The summed E-state index contributed by atoms with van der Waals surface area (Å²) in [5.41, 5.74) is 2.28. The minimum absolute atomic E-state index is 0.0425. The fourth-order valence-corrected chi connectivity index (χ4v) is 4.72. The van der Waals surface area contributed by atoms with E-state index in [1.54, 1.807) is 30.5 Å². The quantitative estimate of drug-likeness (QED) is 0.302. The van der Waals surface area contributed by atoms with Crippen LogP contribution in [0.4, 0.5) is 4.39 Å². The number of nitrogens with zero attached hydrogens (tertiary/aromatic N) is 1. The molecule has 0 amide bonds. The molecular weight excluding hydrogens is 493 g/mol. The summed E-state index contributed by atoms with van der Waals surface area (Å²) in [5.74, 6) is 1.87. The lowest BCUT2D eigenvalue weighted by atomic mass is 9.98. The van der Waals surface area contributed by atoms with Crippen molar-refractivity contribution in [2.75, 3.05) is 13.7 Å². The molecule has 0 radical (unpaired) electrons. The monoisotopic (exact) mass is 513 g/mol. The van der Waals surface area contributed by atoms with Gasteiger partial charge in [-0.15, -0.1) is 0 Å². The predicted octanol–water partition coefficient (Wildman–Crippen LogP) is 5.88. The van der Waals surface area contributed by atoms with Gasteiger partial charge in [-0.25, -0.2) is 9.37 Å². The number of rotatable bonds is 6. The van der Waals surface area contributed by atoms with Crippen molar-refractivity contribution in [1.82, 2.24) is 4.98 Å². The number of benzene rings is 2. The van der Waals surface area contributed by atoms with Crippen molar-refractivity contribution in [1.29, 1.82) is 0 Å². The molecule has 0 saturated heterocycles. The molecule has 0 saturated carbocycles. The fourth-order valence-electron chi connectivity index (χ4n) is 4.38. The van der Waals surface area contributed by atoms with Crippen molar-refractivity contribution >= 4 is 21.9 Å². The number of ether oxygens (including phenoxy) is 4. The number of hydrogen-bond donors (Lipinski definition) is 0. The summed E-state index contributed by atoms with van der Waals surface area (Å²) in [6.45, 7) is 0.417. The van der Waals surface area contributed by atoms with Crippen molar-refractivity contribution in [3.63, 3.8) is 0 Å². The Bertz CT molecular complexity index is 1220. The van der Waals surface area contributed by atoms with Crippen LogP contribution in [0.1, 0.15) is 41.6 Å². The summed E-state index contributed by atoms with van der Waals surface area (Å²) in [4.78, 5) is 15.7. The lowest BCUT2D eigenvalue weighted by Crippen LogP contribution is -2.09. The van der Waals surface area contributed by atoms with E-state index < -0.39 is 6.10 Å². The molecule has 1 aromatic heterocycles. The lowest BCUT2D eigenvalue weighted by molar-refractivity contribution is -0.141. The van der Waals surface area contributed by atoms with Gasteiger partial charge in [-0.1, -0.05) is 6.07 Å². The van der Waals surface area contributed by atoms with Crippen LogP contribution in [-0.2, 0) is 16.0 Å². The molecule has 2 aliphatic rings. The Morgan fingerprint density at radius 2 is 2.09 bits per heavy atom. The topological polar surface area (TPSA) is 66.9 Å². The number of pyridine rings is 1. The maximum Gasteiger partial charge on any atom is 0.306 e. The van der Waals surface area contributed by atoms with E-state index in [2.05, 4.69) is 20.9 Å². The molecule has 1 aliphatic heterocycles. The molecule has 0 spiro atoms. The van der Waals surface area contributed by atoms with E-state index in [9.17, 15) is 9.18 Å². The average Bonchev–Trinajstić information content (AvgIpc) is 3.40. The number of carbonyl (C=O) groups is 1. The largest absolute Gasteiger partial charge is 0.492 e. The first kappa shape index (κ1) is 21.7. The highest BCUT2D eigenvalue weighted by Crippen LogP contribution is 2.44. The van der Waals surface area contributed by atoms with Crippen molar-refractivity contribution in [3.8, 4) is 23.0 Å². The van der Waals surface area contributed by atoms with Gasteiger partial charge in [0.2, 0.25) is 0 Å². The third-order valence-corrected chi connectivity index (χ3v) is 6.38. The predicted molar refractivity (Wildman–Crippen MR) is 121 cm³/mol. The summed E-state index contributed by atoms with van der Waals surface area (Å²) in [6.07, 6.45) is 2.75. The van der Waals surface area contributed by atoms with Crippen LogP contribution in [0.3, 0.4) is 0 Å². The van der Waals surface area contributed by atoms with Crippen LogP contribution in [0, 0.1) is 5.82 Å². The van der Waals surface area contributed by atoms with Gasteiger partial charge in [0, 0.05) is 40.9 Å². The third-order valence-electron chi connectivity index (χ3n) is 5.95. The van der Waals surface area contributed by atoms with Crippen molar-refractivity contribution in [2.24, 2.45) is 0 Å². The van der Waals surface area contributed by atoms with E-state index in [1.807, 2.05) is 12.1 Å². The zero-order chi connectivity index (χ0) is 22.9. The fraction of sp³-hybridized carbons (Fsp3) is 0.280. The Morgan fingerprint density at radius 3 is 2.91 bits per heavy atom. The normalized spacial score (nSPS) is 18.3. The SMILES string of the molecule is COC(=O)CC1COc2cc(O[C@@H]3CCc4c(Oc5ccnc(Br)c5)ccc(F)c43)ccc21. The maximum absolute atomic E-state index is 14.8. The minimum atomic E-state index is -0.432. The molecule has 1 unspecified atom stereocenters. The van der Waals surface area contributed by atoms with Gasteiger partial charge in [0.05, 0.1) is 20.1 Å². The summed E-state index contributed by atoms with van der Waals surface area (Å²) in [7, 11) is 1.38. The van der Waals surface area contributed by atoms with Gasteiger partial charge in [0.25, 0.3) is 0 Å². The second-order valence-corrected chi connectivity index (χ2v) is 8.80. The first-order valence-corrected chi connectivity index (χ1v) is 11.4. The van der Waals surface area contributed by atoms with Crippen LogP contribution < -0.4 is 14.2 Å². The van der Waals surface area contributed by atoms with Crippen LogP contribution in [0.2, 0.25) is 0 Å². The second kappa shape index (κ2) is 9.02. The molecule has 5 rings (SSSR count). The number of methoxy groups -OCH3 is 1. The molecule has 1 aliphatic carbocycles. The molecule has 2 aromatic carbocycles. The van der Waals surface area contributed by atoms with Gasteiger partial charge in [0.15, 0.2) is 0 Å². The number of fused-ring (bicyclic) bond motifs is 2. The van der Waals surface area contributed by atoms with Crippen molar-refractivity contribution in [3.05, 3.63) is 75.8 Å². The first-order chi connectivity index (χ1) is 16.0. The number of aromatic nitrogens is 1. The van der Waals surface area contributed by atoms with Crippen LogP contribution in [0.15, 0.2) is 53.3 Å². The van der Waals surface area contributed by atoms with E-state index in [0.29, 0.717) is 52.6 Å². The van der Waals surface area contributed by atoms with Crippen LogP contribution >= 0.6 is 15.9 Å². The Hall–Kier alpha value is -3.13. The number of carbonyl (C=O) groups excluding carboxylic acids is 1. The molecule has 3 aromatic rings. The molecule has 0 bridgehead atoms. The van der Waals surface area contributed by atoms with Crippen molar-refractivity contribution in [2.45, 2.75) is 31.3 Å². The van der Waals surface area contributed by atoms with E-state index in [0.717, 1.165) is 11.1 Å². The number of halogens is 2. The molecule has 6 nitrogen and oxygen atoms in total. The van der Waals surface area contributed by atoms with Gasteiger partial charge in [-0.2, -0.15) is 0 Å². The van der Waals surface area contributed by atoms with E-state index >= 15 is 0 Å². The number of esters is 1. The standard InChI is InChI=1S/C25H21BrFNO5/c1-30-24(29)10-14-13-31-22-11-15(2-3-17(14)22)33-21-6-4-18-20(7-5-19(27)25(18)21)32-16-8-9-28-23(26)12-16/h2-3,5,7-9,11-12,14,21H,4,6,10,13H2,1H3/t14?,21-/m1/s1. The van der Waals surface area contributed by atoms with Crippen LogP contribution in [0.5, 0.6) is 23.0 Å². The summed E-state index contributed by atoms with van der Waals surface area (Å²) < 4.78 is 38.2. The highest BCUT2D eigenvalue weighted by Gasteiger charge is 2.32. The van der Waals surface area contributed by atoms with Gasteiger partial charge >= 0.3 is 5.97 Å². The smallest absolute Gasteiger partial charge is 0.306 e. The molecule has 0 N–H and O–H groups in total. The second-order valence-electron chi connectivity index (χ2n) is 7.99. The average molecular weight is 514 g/mol. The maximum atomic E-state index is 14.8. The zero-order valence-corrected chi connectivity index (χ0v) is 19.4. The Labute approximate surface area is 198 Å². The molecule has 0 fully saturated rings. The van der Waals surface area contributed by atoms with E-state index in [1.165, 1.54) is 13.2 Å².